The van der Waals surface area contributed by atoms with E-state index in [1.54, 1.807) is 21.3 Å². The third-order valence-corrected chi connectivity index (χ3v) is 6.90. The molecule has 0 radical (unpaired) electrons. The standard InChI is InChI=1S/C18H22IO3/c1-11-7-12(2)17(13(3)8-11)19-14-9-15(20-4)18(22-6)16(10-14)21-5/h7-10H,1-6H3/q+1. The molecule has 0 aliphatic carbocycles. The number of aryl methyl sites for hydroxylation is 3. The summed E-state index contributed by atoms with van der Waals surface area (Å²) in [6.07, 6.45) is 0. The number of ether oxygens (including phenoxy) is 3. The average molecular weight is 413 g/mol. The van der Waals surface area contributed by atoms with Gasteiger partial charge >= 0.3 is 21.2 Å². The number of hydrogen-bond donors (Lipinski definition) is 0. The van der Waals surface area contributed by atoms with E-state index >= 15 is 0 Å². The van der Waals surface area contributed by atoms with Gasteiger partial charge in [-0.05, 0) is 20.8 Å². The van der Waals surface area contributed by atoms with Crippen LogP contribution < -0.4 is 35.4 Å². The minimum Gasteiger partial charge on any atom is -0.493 e. The molecular formula is C18H22IO3+. The van der Waals surface area contributed by atoms with Crippen molar-refractivity contribution in [3.63, 3.8) is 0 Å². The second kappa shape index (κ2) is 7.22. The number of benzene rings is 2. The van der Waals surface area contributed by atoms with E-state index in [-0.39, 0.29) is 21.2 Å². The van der Waals surface area contributed by atoms with Crippen molar-refractivity contribution in [1.82, 2.24) is 0 Å². The lowest BCUT2D eigenvalue weighted by molar-refractivity contribution is -0.598. The molecule has 2 rings (SSSR count). The summed E-state index contributed by atoms with van der Waals surface area (Å²) < 4.78 is 19.0. The maximum Gasteiger partial charge on any atom is 0.358 e. The maximum absolute atomic E-state index is 5.45. The lowest BCUT2D eigenvalue weighted by Crippen LogP contribution is -3.62. The van der Waals surface area contributed by atoms with Crippen LogP contribution in [0.5, 0.6) is 17.2 Å². The van der Waals surface area contributed by atoms with E-state index in [1.165, 1.54) is 23.8 Å². The van der Waals surface area contributed by atoms with E-state index in [4.69, 9.17) is 14.2 Å². The largest absolute Gasteiger partial charge is 0.493 e. The van der Waals surface area contributed by atoms with Gasteiger partial charge in [-0.1, -0.05) is 17.7 Å². The molecule has 0 heterocycles. The summed E-state index contributed by atoms with van der Waals surface area (Å²) in [7, 11) is 4.94. The van der Waals surface area contributed by atoms with E-state index in [9.17, 15) is 0 Å². The van der Waals surface area contributed by atoms with E-state index in [0.717, 1.165) is 11.5 Å². The molecule has 0 atom stereocenters. The van der Waals surface area contributed by atoms with Gasteiger partial charge in [-0.25, -0.2) is 0 Å². The van der Waals surface area contributed by atoms with Crippen LogP contribution in [0.3, 0.4) is 0 Å². The van der Waals surface area contributed by atoms with Crippen LogP contribution in [0.1, 0.15) is 16.7 Å². The fourth-order valence-corrected chi connectivity index (χ4v) is 5.19. The Hall–Kier alpha value is -1.43. The van der Waals surface area contributed by atoms with Crippen LogP contribution >= 0.6 is 0 Å². The van der Waals surface area contributed by atoms with Crippen molar-refractivity contribution in [1.29, 1.82) is 0 Å². The molecule has 0 saturated heterocycles. The summed E-state index contributed by atoms with van der Waals surface area (Å²) in [4.78, 5) is 0. The van der Waals surface area contributed by atoms with Gasteiger partial charge in [0.05, 0.1) is 21.3 Å². The second-order valence-corrected chi connectivity index (χ2v) is 8.01. The Balaban J connectivity index is 2.46. The van der Waals surface area contributed by atoms with Crippen LogP contribution in [0.2, 0.25) is 0 Å². The Morgan fingerprint density at radius 1 is 0.727 bits per heavy atom. The summed E-state index contributed by atoms with van der Waals surface area (Å²) in [6.45, 7) is 6.52. The smallest absolute Gasteiger partial charge is 0.358 e. The van der Waals surface area contributed by atoms with E-state index in [2.05, 4.69) is 45.0 Å². The fourth-order valence-electron chi connectivity index (χ4n) is 2.52. The SMILES string of the molecule is COc1cc([I+]c2c(C)cc(C)cc2C)cc(OC)c1OC. The fraction of sp³-hybridized carbons (Fsp3) is 0.333. The van der Waals surface area contributed by atoms with Crippen LogP contribution in [0.4, 0.5) is 0 Å². The molecule has 0 amide bonds. The molecule has 0 aliphatic heterocycles. The normalized spacial score (nSPS) is 10.5. The third-order valence-electron chi connectivity index (χ3n) is 3.41. The highest BCUT2D eigenvalue weighted by Crippen LogP contribution is 2.36. The number of rotatable bonds is 5. The van der Waals surface area contributed by atoms with Gasteiger partial charge in [-0.15, -0.1) is 0 Å². The lowest BCUT2D eigenvalue weighted by atomic mass is 10.1. The van der Waals surface area contributed by atoms with Gasteiger partial charge in [0.1, 0.15) is 0 Å². The summed E-state index contributed by atoms with van der Waals surface area (Å²) in [5.74, 6) is 2.09. The maximum atomic E-state index is 5.45. The highest BCUT2D eigenvalue weighted by Gasteiger charge is 2.25. The predicted octanol–water partition coefficient (Wildman–Crippen LogP) is 0.766. The molecular weight excluding hydrogens is 391 g/mol. The number of methoxy groups -OCH3 is 3. The lowest BCUT2D eigenvalue weighted by Gasteiger charge is -2.11. The minimum absolute atomic E-state index is 0.307. The van der Waals surface area contributed by atoms with Crippen molar-refractivity contribution in [2.75, 3.05) is 21.3 Å². The van der Waals surface area contributed by atoms with Crippen molar-refractivity contribution in [3.8, 4) is 17.2 Å². The predicted molar refractivity (Wildman–Crippen MR) is 84.1 cm³/mol. The molecule has 0 N–H and O–H groups in total. The molecule has 0 saturated carbocycles. The molecule has 0 aromatic heterocycles. The average Bonchev–Trinajstić information content (AvgIpc) is 2.49. The minimum atomic E-state index is -0.307. The van der Waals surface area contributed by atoms with Crippen molar-refractivity contribution in [2.45, 2.75) is 20.8 Å². The highest BCUT2D eigenvalue weighted by atomic mass is 127. The Morgan fingerprint density at radius 2 is 1.23 bits per heavy atom. The zero-order valence-corrected chi connectivity index (χ0v) is 16.1. The molecule has 4 heteroatoms. The van der Waals surface area contributed by atoms with Crippen LogP contribution in [0.15, 0.2) is 24.3 Å². The van der Waals surface area contributed by atoms with Gasteiger partial charge in [0.2, 0.25) is 9.32 Å². The van der Waals surface area contributed by atoms with Gasteiger partial charge in [-0.2, -0.15) is 0 Å². The topological polar surface area (TPSA) is 27.7 Å². The van der Waals surface area contributed by atoms with Crippen molar-refractivity contribution >= 4 is 0 Å². The van der Waals surface area contributed by atoms with Gasteiger partial charge in [0.15, 0.2) is 15.1 Å². The van der Waals surface area contributed by atoms with Gasteiger partial charge in [0, 0.05) is 23.3 Å². The molecule has 3 nitrogen and oxygen atoms in total. The molecule has 2 aromatic rings. The molecule has 22 heavy (non-hydrogen) atoms. The monoisotopic (exact) mass is 413 g/mol. The number of hydrogen-bond acceptors (Lipinski definition) is 3. The zero-order chi connectivity index (χ0) is 16.3. The first kappa shape index (κ1) is 16.9. The summed E-state index contributed by atoms with van der Waals surface area (Å²) in [5.41, 5.74) is 4.03. The Bertz CT molecular complexity index is 632. The molecule has 0 fully saturated rings. The molecule has 0 bridgehead atoms. The van der Waals surface area contributed by atoms with Gasteiger partial charge < -0.3 is 14.2 Å². The van der Waals surface area contributed by atoms with Crippen LogP contribution in [-0.4, -0.2) is 21.3 Å². The van der Waals surface area contributed by atoms with Crippen molar-refractivity contribution in [2.24, 2.45) is 0 Å². The van der Waals surface area contributed by atoms with Crippen LogP contribution in [-0.2, 0) is 0 Å². The quantitative estimate of drug-likeness (QED) is 0.678. The molecule has 2 aromatic carbocycles. The van der Waals surface area contributed by atoms with E-state index in [1.807, 2.05) is 0 Å². The summed E-state index contributed by atoms with van der Waals surface area (Å²) in [6, 6.07) is 8.63. The van der Waals surface area contributed by atoms with Crippen LogP contribution in [0.25, 0.3) is 0 Å². The first-order chi connectivity index (χ1) is 10.5. The Kier molecular flexibility index (Phi) is 5.56. The van der Waals surface area contributed by atoms with Gasteiger partial charge in [-0.3, -0.25) is 0 Å². The molecule has 0 aliphatic rings. The summed E-state index contributed by atoms with van der Waals surface area (Å²) >= 11 is -0.307. The molecule has 0 unspecified atom stereocenters. The third kappa shape index (κ3) is 3.48. The number of halogens is 1. The molecule has 0 spiro atoms. The second-order valence-electron chi connectivity index (χ2n) is 5.15. The highest BCUT2D eigenvalue weighted by molar-refractivity contribution is 5.50. The molecule has 118 valence electrons. The first-order valence-electron chi connectivity index (χ1n) is 7.02. The summed E-state index contributed by atoms with van der Waals surface area (Å²) in [5, 5.41) is 0. The zero-order valence-electron chi connectivity index (χ0n) is 13.9. The van der Waals surface area contributed by atoms with Crippen LogP contribution in [0, 0.1) is 27.9 Å². The van der Waals surface area contributed by atoms with E-state index in [0.29, 0.717) is 5.75 Å². The Labute approximate surface area is 142 Å². The first-order valence-corrected chi connectivity index (χ1v) is 9.18. The van der Waals surface area contributed by atoms with Gasteiger partial charge in [0.25, 0.3) is 0 Å². The van der Waals surface area contributed by atoms with Crippen molar-refractivity contribution in [3.05, 3.63) is 48.1 Å². The van der Waals surface area contributed by atoms with E-state index < -0.39 is 0 Å². The Morgan fingerprint density at radius 3 is 1.64 bits per heavy atom. The van der Waals surface area contributed by atoms with Crippen molar-refractivity contribution < 1.29 is 35.4 Å².